The standard InChI is InChI=1S/C20H23NO5S/c1-27(25,26)14-16-7-9-17(10-8-16)20(24)21-18(11-12-19(22)23)13-15-5-3-2-4-6-15/h2-10,18H,11-14H2,1H3,(H,21,24)(H,22,23). The van der Waals surface area contributed by atoms with Crippen LogP contribution in [0.1, 0.15) is 34.3 Å². The minimum Gasteiger partial charge on any atom is -0.481 e. The summed E-state index contributed by atoms with van der Waals surface area (Å²) < 4.78 is 22.7. The van der Waals surface area contributed by atoms with E-state index in [1.165, 1.54) is 0 Å². The van der Waals surface area contributed by atoms with E-state index in [9.17, 15) is 18.0 Å². The third-order valence-corrected chi connectivity index (χ3v) is 4.87. The first-order valence-corrected chi connectivity index (χ1v) is 10.6. The topological polar surface area (TPSA) is 101 Å². The van der Waals surface area contributed by atoms with Crippen molar-refractivity contribution in [3.63, 3.8) is 0 Å². The zero-order valence-electron chi connectivity index (χ0n) is 15.1. The second kappa shape index (κ2) is 9.32. The Kier molecular flexibility index (Phi) is 7.12. The first-order valence-electron chi connectivity index (χ1n) is 8.56. The number of carbonyl (C=O) groups excluding carboxylic acids is 1. The van der Waals surface area contributed by atoms with E-state index in [-0.39, 0.29) is 24.1 Å². The number of rotatable bonds is 9. The molecule has 0 bridgehead atoms. The second-order valence-electron chi connectivity index (χ2n) is 6.56. The number of aliphatic carboxylic acids is 1. The van der Waals surface area contributed by atoms with Gasteiger partial charge in [-0.15, -0.1) is 0 Å². The van der Waals surface area contributed by atoms with Crippen LogP contribution in [0.25, 0.3) is 0 Å². The Morgan fingerprint density at radius 3 is 2.19 bits per heavy atom. The molecule has 0 heterocycles. The van der Waals surface area contributed by atoms with Crippen LogP contribution in [0.4, 0.5) is 0 Å². The van der Waals surface area contributed by atoms with Gasteiger partial charge in [0, 0.05) is 24.3 Å². The lowest BCUT2D eigenvalue weighted by Gasteiger charge is -2.18. The van der Waals surface area contributed by atoms with Crippen molar-refractivity contribution in [1.29, 1.82) is 0 Å². The Morgan fingerprint density at radius 1 is 1.00 bits per heavy atom. The molecular formula is C20H23NO5S. The molecule has 0 fully saturated rings. The summed E-state index contributed by atoms with van der Waals surface area (Å²) >= 11 is 0. The predicted octanol–water partition coefficient (Wildman–Crippen LogP) is 2.44. The number of sulfone groups is 1. The van der Waals surface area contributed by atoms with Gasteiger partial charge in [-0.25, -0.2) is 8.42 Å². The highest BCUT2D eigenvalue weighted by atomic mass is 32.2. The largest absolute Gasteiger partial charge is 0.481 e. The predicted molar refractivity (Wildman–Crippen MR) is 103 cm³/mol. The monoisotopic (exact) mass is 389 g/mol. The molecule has 0 aliphatic carbocycles. The molecule has 6 nitrogen and oxygen atoms in total. The van der Waals surface area contributed by atoms with Crippen molar-refractivity contribution in [2.75, 3.05) is 6.26 Å². The average Bonchev–Trinajstić information content (AvgIpc) is 2.59. The molecule has 2 rings (SSSR count). The lowest BCUT2D eigenvalue weighted by molar-refractivity contribution is -0.137. The molecule has 0 spiro atoms. The fourth-order valence-electron chi connectivity index (χ4n) is 2.75. The molecule has 0 aliphatic rings. The van der Waals surface area contributed by atoms with Crippen LogP contribution in [0, 0.1) is 0 Å². The molecule has 0 saturated heterocycles. The number of hydrogen-bond donors (Lipinski definition) is 2. The van der Waals surface area contributed by atoms with Gasteiger partial charge >= 0.3 is 5.97 Å². The molecular weight excluding hydrogens is 366 g/mol. The van der Waals surface area contributed by atoms with Crippen LogP contribution in [0.15, 0.2) is 54.6 Å². The van der Waals surface area contributed by atoms with Crippen molar-refractivity contribution < 1.29 is 23.1 Å². The summed E-state index contributed by atoms with van der Waals surface area (Å²) in [5.41, 5.74) is 2.03. The van der Waals surface area contributed by atoms with Gasteiger partial charge in [0.2, 0.25) is 0 Å². The summed E-state index contributed by atoms with van der Waals surface area (Å²) in [4.78, 5) is 23.4. The van der Waals surface area contributed by atoms with Crippen LogP contribution in [0.5, 0.6) is 0 Å². The van der Waals surface area contributed by atoms with Gasteiger partial charge in [-0.1, -0.05) is 42.5 Å². The highest BCUT2D eigenvalue weighted by Gasteiger charge is 2.16. The van der Waals surface area contributed by atoms with Crippen LogP contribution in [0.3, 0.4) is 0 Å². The zero-order chi connectivity index (χ0) is 19.9. The zero-order valence-corrected chi connectivity index (χ0v) is 15.9. The van der Waals surface area contributed by atoms with E-state index < -0.39 is 15.8 Å². The van der Waals surface area contributed by atoms with E-state index in [2.05, 4.69) is 5.32 Å². The number of benzene rings is 2. The van der Waals surface area contributed by atoms with Gasteiger partial charge in [0.1, 0.15) is 0 Å². The third-order valence-electron chi connectivity index (χ3n) is 4.01. The highest BCUT2D eigenvalue weighted by Crippen LogP contribution is 2.11. The second-order valence-corrected chi connectivity index (χ2v) is 8.70. The van der Waals surface area contributed by atoms with E-state index in [1.54, 1.807) is 24.3 Å². The van der Waals surface area contributed by atoms with Gasteiger partial charge < -0.3 is 10.4 Å². The molecule has 144 valence electrons. The van der Waals surface area contributed by atoms with Crippen molar-refractivity contribution in [2.45, 2.75) is 31.1 Å². The van der Waals surface area contributed by atoms with Gasteiger partial charge in [-0.2, -0.15) is 0 Å². The molecule has 2 N–H and O–H groups in total. The first kappa shape index (κ1) is 20.6. The summed E-state index contributed by atoms with van der Waals surface area (Å²) in [6.45, 7) is 0. The molecule has 0 aromatic heterocycles. The molecule has 1 amide bonds. The van der Waals surface area contributed by atoms with Crippen molar-refractivity contribution >= 4 is 21.7 Å². The van der Waals surface area contributed by atoms with Crippen LogP contribution in [0.2, 0.25) is 0 Å². The summed E-state index contributed by atoms with van der Waals surface area (Å²) in [5, 5.41) is 11.8. The minimum atomic E-state index is -3.14. The molecule has 0 aliphatic heterocycles. The maximum absolute atomic E-state index is 12.5. The molecule has 1 atom stereocenters. The number of carboxylic acid groups (broad SMARTS) is 1. The normalized spacial score (nSPS) is 12.3. The van der Waals surface area contributed by atoms with Gasteiger partial charge in [0.05, 0.1) is 5.75 Å². The quantitative estimate of drug-likeness (QED) is 0.686. The van der Waals surface area contributed by atoms with Crippen molar-refractivity contribution in [2.24, 2.45) is 0 Å². The van der Waals surface area contributed by atoms with Crippen LogP contribution >= 0.6 is 0 Å². The first-order chi connectivity index (χ1) is 12.7. The SMILES string of the molecule is CS(=O)(=O)Cc1ccc(C(=O)NC(CCC(=O)O)Cc2ccccc2)cc1. The average molecular weight is 389 g/mol. The summed E-state index contributed by atoms with van der Waals surface area (Å²) in [6, 6.07) is 15.6. The van der Waals surface area contributed by atoms with Crippen LogP contribution in [-0.2, 0) is 26.8 Å². The van der Waals surface area contributed by atoms with Crippen molar-refractivity contribution in [3.8, 4) is 0 Å². The number of hydrogen-bond acceptors (Lipinski definition) is 4. The lowest BCUT2D eigenvalue weighted by Crippen LogP contribution is -2.36. The van der Waals surface area contributed by atoms with E-state index >= 15 is 0 Å². The Bertz CT molecular complexity index is 876. The number of carbonyl (C=O) groups is 2. The molecule has 2 aromatic carbocycles. The van der Waals surface area contributed by atoms with Gasteiger partial charge in [0.15, 0.2) is 9.84 Å². The van der Waals surface area contributed by atoms with Gasteiger partial charge in [0.25, 0.3) is 5.91 Å². The fraction of sp³-hybridized carbons (Fsp3) is 0.300. The lowest BCUT2D eigenvalue weighted by atomic mass is 10.0. The molecule has 1 unspecified atom stereocenters. The smallest absolute Gasteiger partial charge is 0.303 e. The molecule has 0 saturated carbocycles. The van der Waals surface area contributed by atoms with Gasteiger partial charge in [-0.05, 0) is 36.1 Å². The van der Waals surface area contributed by atoms with Crippen LogP contribution < -0.4 is 5.32 Å². The third kappa shape index (κ3) is 7.62. The minimum absolute atomic E-state index is 0.0366. The number of carboxylic acids is 1. The maximum atomic E-state index is 12.5. The highest BCUT2D eigenvalue weighted by molar-refractivity contribution is 7.89. The summed E-state index contributed by atoms with van der Waals surface area (Å²) in [5.74, 6) is -1.30. The summed E-state index contributed by atoms with van der Waals surface area (Å²) in [7, 11) is -3.14. The van der Waals surface area contributed by atoms with Crippen molar-refractivity contribution in [3.05, 3.63) is 71.3 Å². The number of nitrogens with one attached hydrogen (secondary N) is 1. The van der Waals surface area contributed by atoms with E-state index in [4.69, 9.17) is 5.11 Å². The summed E-state index contributed by atoms with van der Waals surface area (Å²) in [6.07, 6.45) is 1.98. The van der Waals surface area contributed by atoms with Crippen LogP contribution in [-0.4, -0.2) is 37.7 Å². The van der Waals surface area contributed by atoms with E-state index in [0.29, 0.717) is 24.0 Å². The molecule has 27 heavy (non-hydrogen) atoms. The Morgan fingerprint density at radius 2 is 1.63 bits per heavy atom. The molecule has 2 aromatic rings. The number of amides is 1. The maximum Gasteiger partial charge on any atom is 0.303 e. The van der Waals surface area contributed by atoms with Crippen molar-refractivity contribution in [1.82, 2.24) is 5.32 Å². The van der Waals surface area contributed by atoms with Gasteiger partial charge in [-0.3, -0.25) is 9.59 Å². The fourth-order valence-corrected chi connectivity index (χ4v) is 3.54. The Labute approximate surface area is 159 Å². The Hall–Kier alpha value is -2.67. The Balaban J connectivity index is 2.06. The molecule has 7 heteroatoms. The molecule has 0 radical (unpaired) electrons. The van der Waals surface area contributed by atoms with E-state index in [0.717, 1.165) is 11.8 Å². The van der Waals surface area contributed by atoms with E-state index in [1.807, 2.05) is 30.3 Å².